The second kappa shape index (κ2) is 5.48. The molecule has 0 bridgehead atoms. The summed E-state index contributed by atoms with van der Waals surface area (Å²) in [6, 6.07) is 5.81. The second-order valence-electron chi connectivity index (χ2n) is 5.51. The molecule has 0 spiro atoms. The Morgan fingerprint density at radius 2 is 2.05 bits per heavy atom. The summed E-state index contributed by atoms with van der Waals surface area (Å²) >= 11 is 0. The van der Waals surface area contributed by atoms with Gasteiger partial charge in [0.1, 0.15) is 5.52 Å². The van der Waals surface area contributed by atoms with Crippen LogP contribution in [-0.4, -0.2) is 21.1 Å². The zero-order valence-electron chi connectivity index (χ0n) is 13.5. The minimum Gasteiger partial charge on any atom is -0.481 e. The monoisotopic (exact) mass is 299 g/mol. The second-order valence-corrected chi connectivity index (χ2v) is 5.51. The third-order valence-electron chi connectivity index (χ3n) is 4.07. The van der Waals surface area contributed by atoms with Crippen molar-refractivity contribution >= 4 is 16.7 Å². The molecule has 5 heteroatoms. The summed E-state index contributed by atoms with van der Waals surface area (Å²) in [6.45, 7) is 6.83. The first kappa shape index (κ1) is 14.6. The van der Waals surface area contributed by atoms with Gasteiger partial charge in [-0.1, -0.05) is 13.8 Å². The Hall–Kier alpha value is -2.30. The smallest absolute Gasteiger partial charge is 0.275 e. The van der Waals surface area contributed by atoms with Crippen LogP contribution in [0.4, 0.5) is 0 Å². The highest BCUT2D eigenvalue weighted by molar-refractivity contribution is 5.78. The number of methoxy groups -OCH3 is 1. The minimum atomic E-state index is 0.0542. The fourth-order valence-corrected chi connectivity index (χ4v) is 3.06. The molecule has 0 aromatic carbocycles. The molecule has 3 heterocycles. The van der Waals surface area contributed by atoms with Gasteiger partial charge in [-0.3, -0.25) is 9.20 Å². The highest BCUT2D eigenvalue weighted by Crippen LogP contribution is 2.22. The van der Waals surface area contributed by atoms with Crippen LogP contribution in [0.15, 0.2) is 23.0 Å². The van der Waals surface area contributed by atoms with E-state index in [1.54, 1.807) is 7.11 Å². The summed E-state index contributed by atoms with van der Waals surface area (Å²) in [5, 5.41) is 0. The van der Waals surface area contributed by atoms with Gasteiger partial charge in [0, 0.05) is 18.3 Å². The largest absolute Gasteiger partial charge is 0.481 e. The Bertz CT molecular complexity index is 906. The fraction of sp³-hybridized carbons (Fsp3) is 0.412. The van der Waals surface area contributed by atoms with E-state index in [-0.39, 0.29) is 5.56 Å². The van der Waals surface area contributed by atoms with Gasteiger partial charge in [0.15, 0.2) is 5.65 Å². The molecule has 5 nitrogen and oxygen atoms in total. The first-order valence-corrected chi connectivity index (χ1v) is 7.70. The Labute approximate surface area is 129 Å². The standard InChI is InChI=1S/C17H21N3O2/c1-5-9-19-13-7-8-14(22-4)18-16(13)20-12(6-2)10-11(3)15(20)17(19)21/h7-8,10H,5-6,9H2,1-4H3. The van der Waals surface area contributed by atoms with Crippen LogP contribution in [0.3, 0.4) is 0 Å². The van der Waals surface area contributed by atoms with E-state index < -0.39 is 0 Å². The number of fused-ring (bicyclic) bond motifs is 3. The maximum atomic E-state index is 12.9. The van der Waals surface area contributed by atoms with Crippen LogP contribution in [0, 0.1) is 6.92 Å². The number of hydrogen-bond acceptors (Lipinski definition) is 3. The van der Waals surface area contributed by atoms with Crippen molar-refractivity contribution in [2.75, 3.05) is 7.11 Å². The predicted octanol–water partition coefficient (Wildman–Crippen LogP) is 2.94. The molecule has 0 saturated carbocycles. The van der Waals surface area contributed by atoms with Crippen LogP contribution in [-0.2, 0) is 13.0 Å². The van der Waals surface area contributed by atoms with Crippen LogP contribution in [0.25, 0.3) is 16.7 Å². The molecule has 116 valence electrons. The summed E-state index contributed by atoms with van der Waals surface area (Å²) in [7, 11) is 1.61. The third-order valence-corrected chi connectivity index (χ3v) is 4.07. The molecule has 0 atom stereocenters. The molecule has 3 aromatic rings. The van der Waals surface area contributed by atoms with Crippen LogP contribution in [0.5, 0.6) is 5.88 Å². The van der Waals surface area contributed by atoms with Gasteiger partial charge in [-0.05, 0) is 37.5 Å². The van der Waals surface area contributed by atoms with E-state index in [1.165, 1.54) is 0 Å². The highest BCUT2D eigenvalue weighted by Gasteiger charge is 2.17. The van der Waals surface area contributed by atoms with Crippen molar-refractivity contribution in [3.63, 3.8) is 0 Å². The molecule has 3 aromatic heterocycles. The zero-order chi connectivity index (χ0) is 15.9. The first-order chi connectivity index (χ1) is 10.6. The van der Waals surface area contributed by atoms with E-state index in [0.29, 0.717) is 12.4 Å². The summed E-state index contributed by atoms with van der Waals surface area (Å²) in [5.41, 5.74) is 4.51. The van der Waals surface area contributed by atoms with Crippen LogP contribution < -0.4 is 10.3 Å². The quantitative estimate of drug-likeness (QED) is 0.744. The lowest BCUT2D eigenvalue weighted by Crippen LogP contribution is -2.24. The van der Waals surface area contributed by atoms with E-state index in [0.717, 1.165) is 40.8 Å². The van der Waals surface area contributed by atoms with E-state index in [1.807, 2.05) is 28.0 Å². The number of hydrogen-bond donors (Lipinski definition) is 0. The number of nitrogens with zero attached hydrogens (tertiary/aromatic N) is 3. The van der Waals surface area contributed by atoms with Gasteiger partial charge in [0.05, 0.1) is 12.6 Å². The van der Waals surface area contributed by atoms with E-state index >= 15 is 0 Å². The van der Waals surface area contributed by atoms with Gasteiger partial charge in [-0.2, -0.15) is 4.98 Å². The Balaban J connectivity index is 2.58. The molecule has 0 saturated heterocycles. The normalized spacial score (nSPS) is 11.5. The van der Waals surface area contributed by atoms with Crippen molar-refractivity contribution in [3.8, 4) is 5.88 Å². The Kier molecular flexibility index (Phi) is 3.64. The lowest BCUT2D eigenvalue weighted by Gasteiger charge is -2.13. The van der Waals surface area contributed by atoms with Gasteiger partial charge < -0.3 is 9.30 Å². The maximum absolute atomic E-state index is 12.9. The average molecular weight is 299 g/mol. The number of aromatic nitrogens is 3. The molecule has 0 aliphatic carbocycles. The maximum Gasteiger partial charge on any atom is 0.275 e. The number of pyridine rings is 1. The molecule has 0 unspecified atom stereocenters. The average Bonchev–Trinajstić information content (AvgIpc) is 2.88. The van der Waals surface area contributed by atoms with Gasteiger partial charge in [0.2, 0.25) is 5.88 Å². The molecule has 0 aliphatic heterocycles. The molecular weight excluding hydrogens is 278 g/mol. The van der Waals surface area contributed by atoms with Crippen molar-refractivity contribution in [1.82, 2.24) is 14.0 Å². The first-order valence-electron chi connectivity index (χ1n) is 7.70. The lowest BCUT2D eigenvalue weighted by molar-refractivity contribution is 0.399. The van der Waals surface area contributed by atoms with Crippen molar-refractivity contribution in [2.45, 2.75) is 40.2 Å². The molecular formula is C17H21N3O2. The van der Waals surface area contributed by atoms with Crippen molar-refractivity contribution < 1.29 is 4.74 Å². The van der Waals surface area contributed by atoms with E-state index in [4.69, 9.17) is 4.74 Å². The summed E-state index contributed by atoms with van der Waals surface area (Å²) in [6.07, 6.45) is 1.75. The van der Waals surface area contributed by atoms with Gasteiger partial charge >= 0.3 is 0 Å². The molecule has 0 aliphatic rings. The van der Waals surface area contributed by atoms with Crippen LogP contribution >= 0.6 is 0 Å². The van der Waals surface area contributed by atoms with Crippen molar-refractivity contribution in [1.29, 1.82) is 0 Å². The van der Waals surface area contributed by atoms with Gasteiger partial charge in [0.25, 0.3) is 5.56 Å². The van der Waals surface area contributed by atoms with E-state index in [2.05, 4.69) is 24.9 Å². The molecule has 0 fully saturated rings. The molecule has 0 N–H and O–H groups in total. The molecule has 0 amide bonds. The summed E-state index contributed by atoms with van der Waals surface area (Å²) in [5.74, 6) is 0.559. The lowest BCUT2D eigenvalue weighted by atomic mass is 10.3. The summed E-state index contributed by atoms with van der Waals surface area (Å²) < 4.78 is 9.08. The van der Waals surface area contributed by atoms with E-state index in [9.17, 15) is 4.79 Å². The number of aryl methyl sites for hydroxylation is 3. The molecule has 3 rings (SSSR count). The number of rotatable bonds is 4. The highest BCUT2D eigenvalue weighted by atomic mass is 16.5. The van der Waals surface area contributed by atoms with Crippen molar-refractivity contribution in [2.24, 2.45) is 0 Å². The van der Waals surface area contributed by atoms with Gasteiger partial charge in [-0.15, -0.1) is 0 Å². The third kappa shape index (κ3) is 2.00. The molecule has 22 heavy (non-hydrogen) atoms. The van der Waals surface area contributed by atoms with Crippen LogP contribution in [0.1, 0.15) is 31.5 Å². The Morgan fingerprint density at radius 3 is 2.68 bits per heavy atom. The Morgan fingerprint density at radius 1 is 1.27 bits per heavy atom. The summed E-state index contributed by atoms with van der Waals surface area (Å²) in [4.78, 5) is 17.5. The zero-order valence-corrected chi connectivity index (χ0v) is 13.5. The number of ether oxygens (including phenoxy) is 1. The fourth-order valence-electron chi connectivity index (χ4n) is 3.06. The predicted molar refractivity (Wildman–Crippen MR) is 87.9 cm³/mol. The SMILES string of the molecule is CCCn1c(=O)c2c(C)cc(CC)n2c2nc(OC)ccc21. The van der Waals surface area contributed by atoms with Crippen molar-refractivity contribution in [3.05, 3.63) is 39.8 Å². The minimum absolute atomic E-state index is 0.0542. The van der Waals surface area contributed by atoms with Crippen LogP contribution in [0.2, 0.25) is 0 Å². The topological polar surface area (TPSA) is 48.5 Å². The van der Waals surface area contributed by atoms with Gasteiger partial charge in [-0.25, -0.2) is 0 Å². The molecule has 0 radical (unpaired) electrons.